The van der Waals surface area contributed by atoms with Gasteiger partial charge in [0.1, 0.15) is 0 Å². The smallest absolute Gasteiger partial charge is 0.0542 e. The van der Waals surface area contributed by atoms with Crippen LogP contribution in [0.25, 0.3) is 103 Å². The molecule has 0 N–H and O–H groups in total. The molecule has 0 aliphatic rings. The molecule has 0 radical (unpaired) electrons. The Morgan fingerprint density at radius 2 is 0.630 bits per heavy atom. The fourth-order valence-corrected chi connectivity index (χ4v) is 12.5. The maximum atomic E-state index is 2.38. The van der Waals surface area contributed by atoms with Crippen LogP contribution in [0.4, 0.5) is 0 Å². The van der Waals surface area contributed by atoms with Gasteiger partial charge in [0.05, 0.1) is 18.8 Å². The number of hydrogen-bond donors (Lipinski definition) is 0. The molecule has 0 saturated heterocycles. The Balaban J connectivity index is 0.971. The van der Waals surface area contributed by atoms with E-state index in [1.54, 1.807) is 0 Å². The fraction of sp³-hybridized carbons (Fsp3) is 0. The van der Waals surface area contributed by atoms with E-state index in [9.17, 15) is 0 Å². The third-order valence-corrected chi connectivity index (χ3v) is 14.5. The van der Waals surface area contributed by atoms with Crippen LogP contribution >= 0.6 is 45.3 Å². The molecule has 11 aromatic rings. The zero-order chi connectivity index (χ0) is 29.9. The van der Waals surface area contributed by atoms with Crippen molar-refractivity contribution in [2.45, 2.75) is 0 Å². The van der Waals surface area contributed by atoms with E-state index < -0.39 is 0 Å². The standard InChI is InChI=1S/C42H22S4/c1-3-7-35-31(5-1)39-41(43-35)33-15-13-27(21-37(33)45-39)23-9-11-25-20-30-18-24(10-12-26(30)19-29(25)17-23)28-14-16-34-38(22-28)46-40-32-6-2-4-8-36(32)44-42(34)40/h1-22H. The van der Waals surface area contributed by atoms with Crippen LogP contribution in [0.2, 0.25) is 0 Å². The summed E-state index contributed by atoms with van der Waals surface area (Å²) in [6.07, 6.45) is 0. The monoisotopic (exact) mass is 654 g/mol. The lowest BCUT2D eigenvalue weighted by atomic mass is 9.96. The van der Waals surface area contributed by atoms with Gasteiger partial charge in [0, 0.05) is 40.3 Å². The van der Waals surface area contributed by atoms with E-state index in [2.05, 4.69) is 133 Å². The Kier molecular flexibility index (Phi) is 5.27. The van der Waals surface area contributed by atoms with Crippen molar-refractivity contribution in [3.63, 3.8) is 0 Å². The summed E-state index contributed by atoms with van der Waals surface area (Å²) in [5.74, 6) is 0. The molecule has 4 heteroatoms. The van der Waals surface area contributed by atoms with E-state index in [1.165, 1.54) is 103 Å². The molecule has 0 amide bonds. The van der Waals surface area contributed by atoms with E-state index in [0.717, 1.165) is 0 Å². The lowest BCUT2D eigenvalue weighted by molar-refractivity contribution is 1.69. The molecule has 4 heterocycles. The van der Waals surface area contributed by atoms with Crippen molar-refractivity contribution in [1.82, 2.24) is 0 Å². The second kappa shape index (κ2) is 9.47. The van der Waals surface area contributed by atoms with Gasteiger partial charge in [0.2, 0.25) is 0 Å². The van der Waals surface area contributed by atoms with Crippen LogP contribution < -0.4 is 0 Å². The molecule has 46 heavy (non-hydrogen) atoms. The molecule has 0 aliphatic heterocycles. The Bertz CT molecular complexity index is 2830. The van der Waals surface area contributed by atoms with Gasteiger partial charge in [-0.1, -0.05) is 84.9 Å². The number of fused-ring (bicyclic) bond motifs is 12. The molecule has 214 valence electrons. The zero-order valence-corrected chi connectivity index (χ0v) is 27.6. The minimum Gasteiger partial charge on any atom is -0.134 e. The third-order valence-electron chi connectivity index (χ3n) is 9.44. The third kappa shape index (κ3) is 3.70. The second-order valence-electron chi connectivity index (χ2n) is 12.1. The van der Waals surface area contributed by atoms with Crippen LogP contribution in [0.5, 0.6) is 0 Å². The highest BCUT2D eigenvalue weighted by Crippen LogP contribution is 2.46. The Labute approximate surface area is 280 Å². The predicted octanol–water partition coefficient (Wildman–Crippen LogP) is 14.5. The summed E-state index contributed by atoms with van der Waals surface area (Å²) >= 11 is 7.68. The first-order chi connectivity index (χ1) is 22.7. The maximum Gasteiger partial charge on any atom is 0.0542 e. The van der Waals surface area contributed by atoms with Crippen molar-refractivity contribution in [2.75, 3.05) is 0 Å². The molecule has 11 rings (SSSR count). The Morgan fingerprint density at radius 3 is 1.11 bits per heavy atom. The summed E-state index contributed by atoms with van der Waals surface area (Å²) in [4.78, 5) is 0. The molecular weight excluding hydrogens is 633 g/mol. The summed E-state index contributed by atoms with van der Waals surface area (Å²) in [6.45, 7) is 0. The maximum absolute atomic E-state index is 2.38. The van der Waals surface area contributed by atoms with Gasteiger partial charge in [-0.25, -0.2) is 0 Å². The van der Waals surface area contributed by atoms with Gasteiger partial charge in [-0.3, -0.25) is 0 Å². The molecule has 0 aliphatic carbocycles. The minimum absolute atomic E-state index is 1.27. The average Bonchev–Trinajstić information content (AvgIpc) is 3.84. The molecule has 0 atom stereocenters. The largest absolute Gasteiger partial charge is 0.134 e. The first-order valence-electron chi connectivity index (χ1n) is 15.4. The van der Waals surface area contributed by atoms with Crippen molar-refractivity contribution in [2.24, 2.45) is 0 Å². The summed E-state index contributed by atoms with van der Waals surface area (Å²) in [6, 6.07) is 50.1. The minimum atomic E-state index is 1.27. The van der Waals surface area contributed by atoms with Crippen molar-refractivity contribution in [1.29, 1.82) is 0 Å². The molecule has 0 spiro atoms. The summed E-state index contributed by atoms with van der Waals surface area (Å²) in [5, 5.41) is 10.6. The van der Waals surface area contributed by atoms with Gasteiger partial charge in [0.25, 0.3) is 0 Å². The topological polar surface area (TPSA) is 0 Å². The van der Waals surface area contributed by atoms with Gasteiger partial charge in [-0.15, -0.1) is 45.3 Å². The van der Waals surface area contributed by atoms with Crippen LogP contribution in [-0.4, -0.2) is 0 Å². The molecule has 0 fully saturated rings. The quantitative estimate of drug-likeness (QED) is 0.163. The van der Waals surface area contributed by atoms with Gasteiger partial charge < -0.3 is 0 Å². The highest BCUT2D eigenvalue weighted by molar-refractivity contribution is 7.37. The second-order valence-corrected chi connectivity index (χ2v) is 16.3. The molecule has 0 bridgehead atoms. The summed E-state index contributed by atoms with van der Waals surface area (Å²) in [7, 11) is 0. The SMILES string of the molecule is c1ccc2c(c1)sc1c3ccc(-c4ccc5cc6cc(-c7ccc8c(c7)sc7c9ccccc9sc87)ccc6cc5c4)cc3sc21. The van der Waals surface area contributed by atoms with Crippen LogP contribution in [0.15, 0.2) is 133 Å². The molecule has 0 saturated carbocycles. The number of thiophene rings is 4. The van der Waals surface area contributed by atoms with Crippen LogP contribution in [-0.2, 0) is 0 Å². The summed E-state index contributed by atoms with van der Waals surface area (Å²) in [5.41, 5.74) is 5.09. The first-order valence-corrected chi connectivity index (χ1v) is 18.7. The lowest BCUT2D eigenvalue weighted by Crippen LogP contribution is -1.82. The van der Waals surface area contributed by atoms with Crippen molar-refractivity contribution in [3.05, 3.63) is 133 Å². The Morgan fingerprint density at radius 1 is 0.261 bits per heavy atom. The first kappa shape index (κ1) is 25.6. The van der Waals surface area contributed by atoms with Crippen LogP contribution in [0.3, 0.4) is 0 Å². The van der Waals surface area contributed by atoms with Crippen molar-refractivity contribution in [3.8, 4) is 22.3 Å². The van der Waals surface area contributed by atoms with E-state index in [1.807, 2.05) is 45.3 Å². The molecule has 4 aromatic heterocycles. The molecule has 0 nitrogen and oxygen atoms in total. The average molecular weight is 655 g/mol. The van der Waals surface area contributed by atoms with E-state index in [0.29, 0.717) is 0 Å². The summed E-state index contributed by atoms with van der Waals surface area (Å²) < 4.78 is 11.2. The molecule has 0 unspecified atom stereocenters. The van der Waals surface area contributed by atoms with Gasteiger partial charge in [-0.05, 0) is 92.3 Å². The van der Waals surface area contributed by atoms with Gasteiger partial charge >= 0.3 is 0 Å². The molecular formula is C42H22S4. The predicted molar refractivity (Wildman–Crippen MR) is 209 cm³/mol. The molecule has 7 aromatic carbocycles. The number of hydrogen-bond acceptors (Lipinski definition) is 4. The Hall–Kier alpha value is -4.58. The van der Waals surface area contributed by atoms with Crippen molar-refractivity contribution < 1.29 is 0 Å². The van der Waals surface area contributed by atoms with E-state index in [4.69, 9.17) is 0 Å². The van der Waals surface area contributed by atoms with Gasteiger partial charge in [0.15, 0.2) is 0 Å². The normalized spacial score (nSPS) is 12.3. The van der Waals surface area contributed by atoms with E-state index in [-0.39, 0.29) is 0 Å². The zero-order valence-electron chi connectivity index (χ0n) is 24.3. The highest BCUT2D eigenvalue weighted by Gasteiger charge is 2.14. The van der Waals surface area contributed by atoms with Gasteiger partial charge in [-0.2, -0.15) is 0 Å². The number of benzene rings is 7. The fourth-order valence-electron chi connectivity index (χ4n) is 7.13. The number of rotatable bonds is 2. The van der Waals surface area contributed by atoms with Crippen LogP contribution in [0, 0.1) is 0 Å². The lowest BCUT2D eigenvalue weighted by Gasteiger charge is -2.09. The van der Waals surface area contributed by atoms with E-state index >= 15 is 0 Å². The van der Waals surface area contributed by atoms with Crippen LogP contribution in [0.1, 0.15) is 0 Å². The highest BCUT2D eigenvalue weighted by atomic mass is 32.1. The van der Waals surface area contributed by atoms with Crippen molar-refractivity contribution >= 4 is 126 Å².